The van der Waals surface area contributed by atoms with E-state index < -0.39 is 0 Å². The SMILES string of the molecule is N#Cc1cc2c([nH]c1=O)CCCc1cnccc1-2. The van der Waals surface area contributed by atoms with Crippen LogP contribution < -0.4 is 5.56 Å². The first-order chi connectivity index (χ1) is 8.79. The molecule has 2 heterocycles. The van der Waals surface area contributed by atoms with Gasteiger partial charge in [0.25, 0.3) is 5.56 Å². The Balaban J connectivity index is 2.33. The molecule has 0 aromatic carbocycles. The molecule has 0 aliphatic heterocycles. The van der Waals surface area contributed by atoms with E-state index in [0.717, 1.165) is 36.1 Å². The van der Waals surface area contributed by atoms with Crippen molar-refractivity contribution < 1.29 is 0 Å². The van der Waals surface area contributed by atoms with Crippen molar-refractivity contribution >= 4 is 0 Å². The molecule has 0 amide bonds. The zero-order chi connectivity index (χ0) is 12.5. The topological polar surface area (TPSA) is 69.5 Å². The van der Waals surface area contributed by atoms with Crippen LogP contribution in [0.25, 0.3) is 11.1 Å². The Morgan fingerprint density at radius 3 is 3.06 bits per heavy atom. The molecule has 0 bridgehead atoms. The van der Waals surface area contributed by atoms with Crippen molar-refractivity contribution in [3.05, 3.63) is 51.7 Å². The molecule has 0 saturated carbocycles. The average Bonchev–Trinajstić information content (AvgIpc) is 2.56. The summed E-state index contributed by atoms with van der Waals surface area (Å²) in [6, 6.07) is 5.57. The van der Waals surface area contributed by atoms with Gasteiger partial charge >= 0.3 is 0 Å². The van der Waals surface area contributed by atoms with Gasteiger partial charge in [0.1, 0.15) is 11.6 Å². The van der Waals surface area contributed by atoms with Crippen LogP contribution in [0.1, 0.15) is 23.2 Å². The quantitative estimate of drug-likeness (QED) is 0.759. The van der Waals surface area contributed by atoms with Crippen molar-refractivity contribution in [2.24, 2.45) is 0 Å². The predicted molar refractivity (Wildman–Crippen MR) is 67.0 cm³/mol. The third-order valence-corrected chi connectivity index (χ3v) is 3.31. The molecule has 1 aliphatic carbocycles. The fraction of sp³-hybridized carbons (Fsp3) is 0.214. The zero-order valence-corrected chi connectivity index (χ0v) is 9.73. The maximum atomic E-state index is 11.7. The second kappa shape index (κ2) is 4.11. The fourth-order valence-electron chi connectivity index (χ4n) is 2.43. The highest BCUT2D eigenvalue weighted by Gasteiger charge is 2.16. The molecule has 18 heavy (non-hydrogen) atoms. The first-order valence-corrected chi connectivity index (χ1v) is 5.89. The number of hydrogen-bond acceptors (Lipinski definition) is 3. The van der Waals surface area contributed by atoms with Crippen molar-refractivity contribution in [2.45, 2.75) is 19.3 Å². The molecule has 2 aromatic rings. The molecule has 88 valence electrons. The Hall–Kier alpha value is -2.41. The fourth-order valence-corrected chi connectivity index (χ4v) is 2.43. The zero-order valence-electron chi connectivity index (χ0n) is 9.73. The van der Waals surface area contributed by atoms with E-state index in [0.29, 0.717) is 0 Å². The highest BCUT2D eigenvalue weighted by Crippen LogP contribution is 2.30. The Morgan fingerprint density at radius 1 is 1.33 bits per heavy atom. The first kappa shape index (κ1) is 10.7. The number of aromatic amines is 1. The lowest BCUT2D eigenvalue weighted by Crippen LogP contribution is -2.13. The highest BCUT2D eigenvalue weighted by molar-refractivity contribution is 5.71. The lowest BCUT2D eigenvalue weighted by atomic mass is 10.00. The molecule has 0 atom stereocenters. The van der Waals surface area contributed by atoms with Crippen molar-refractivity contribution in [1.82, 2.24) is 9.97 Å². The number of nitrogens with one attached hydrogen (secondary N) is 1. The Morgan fingerprint density at radius 2 is 2.22 bits per heavy atom. The number of fused-ring (bicyclic) bond motifs is 3. The van der Waals surface area contributed by atoms with Gasteiger partial charge in [-0.3, -0.25) is 9.78 Å². The molecule has 0 spiro atoms. The second-order valence-electron chi connectivity index (χ2n) is 4.40. The second-order valence-corrected chi connectivity index (χ2v) is 4.40. The minimum atomic E-state index is -0.297. The third-order valence-electron chi connectivity index (χ3n) is 3.31. The Labute approximate surface area is 104 Å². The van der Waals surface area contributed by atoms with Gasteiger partial charge in [-0.15, -0.1) is 0 Å². The van der Waals surface area contributed by atoms with E-state index in [9.17, 15) is 4.79 Å². The summed E-state index contributed by atoms with van der Waals surface area (Å²) in [4.78, 5) is 18.6. The van der Waals surface area contributed by atoms with Crippen LogP contribution in [-0.4, -0.2) is 9.97 Å². The number of pyridine rings is 2. The molecule has 1 N–H and O–H groups in total. The van der Waals surface area contributed by atoms with E-state index in [2.05, 4.69) is 9.97 Å². The molecule has 0 fully saturated rings. The van der Waals surface area contributed by atoms with Crippen LogP contribution in [-0.2, 0) is 12.8 Å². The third kappa shape index (κ3) is 1.61. The number of nitrogens with zero attached hydrogens (tertiary/aromatic N) is 2. The summed E-state index contributed by atoms with van der Waals surface area (Å²) in [7, 11) is 0. The number of aromatic nitrogens is 2. The standard InChI is InChI=1S/C14H11N3O/c15-7-10-6-12-11-4-5-16-8-9(11)2-1-3-13(12)17-14(10)18/h4-6,8H,1-3H2,(H,17,18). The number of H-pyrrole nitrogens is 1. The summed E-state index contributed by atoms with van der Waals surface area (Å²) >= 11 is 0. The van der Waals surface area contributed by atoms with Crippen LogP contribution in [0.5, 0.6) is 0 Å². The lowest BCUT2D eigenvalue weighted by Gasteiger charge is -2.08. The van der Waals surface area contributed by atoms with E-state index >= 15 is 0 Å². The summed E-state index contributed by atoms with van der Waals surface area (Å²) in [5, 5.41) is 8.96. The van der Waals surface area contributed by atoms with E-state index in [1.54, 1.807) is 12.3 Å². The summed E-state index contributed by atoms with van der Waals surface area (Å²) < 4.78 is 0. The number of aryl methyl sites for hydroxylation is 2. The average molecular weight is 237 g/mol. The smallest absolute Gasteiger partial charge is 0.266 e. The van der Waals surface area contributed by atoms with Crippen LogP contribution >= 0.6 is 0 Å². The van der Waals surface area contributed by atoms with E-state index in [-0.39, 0.29) is 11.1 Å². The van der Waals surface area contributed by atoms with Gasteiger partial charge in [0.2, 0.25) is 0 Å². The van der Waals surface area contributed by atoms with Crippen LogP contribution in [0.3, 0.4) is 0 Å². The van der Waals surface area contributed by atoms with Crippen LogP contribution in [0, 0.1) is 11.3 Å². The lowest BCUT2D eigenvalue weighted by molar-refractivity contribution is 0.808. The summed E-state index contributed by atoms with van der Waals surface area (Å²) in [5.74, 6) is 0. The number of nitriles is 1. The van der Waals surface area contributed by atoms with Crippen molar-refractivity contribution in [3.8, 4) is 17.2 Å². The first-order valence-electron chi connectivity index (χ1n) is 5.89. The van der Waals surface area contributed by atoms with E-state index in [1.165, 1.54) is 5.56 Å². The predicted octanol–water partition coefficient (Wildman–Crippen LogP) is 1.80. The van der Waals surface area contributed by atoms with Gasteiger partial charge in [-0.2, -0.15) is 5.26 Å². The molecule has 3 rings (SSSR count). The summed E-state index contributed by atoms with van der Waals surface area (Å²) in [6.07, 6.45) is 6.35. The normalized spacial score (nSPS) is 13.1. The molecule has 1 aliphatic rings. The molecular weight excluding hydrogens is 226 g/mol. The summed E-state index contributed by atoms with van der Waals surface area (Å²) in [6.45, 7) is 0. The van der Waals surface area contributed by atoms with E-state index in [1.807, 2.05) is 18.3 Å². The van der Waals surface area contributed by atoms with Crippen molar-refractivity contribution in [1.29, 1.82) is 5.26 Å². The van der Waals surface area contributed by atoms with Crippen molar-refractivity contribution in [2.75, 3.05) is 0 Å². The largest absolute Gasteiger partial charge is 0.324 e. The van der Waals surface area contributed by atoms with Crippen LogP contribution in [0.4, 0.5) is 0 Å². The molecule has 2 aromatic heterocycles. The minimum Gasteiger partial charge on any atom is -0.324 e. The van der Waals surface area contributed by atoms with Crippen molar-refractivity contribution in [3.63, 3.8) is 0 Å². The molecule has 0 radical (unpaired) electrons. The van der Waals surface area contributed by atoms with Gasteiger partial charge < -0.3 is 4.98 Å². The summed E-state index contributed by atoms with van der Waals surface area (Å²) in [5.41, 5.74) is 4.00. The molecule has 4 heteroatoms. The van der Waals surface area contributed by atoms with Gasteiger partial charge in [0.15, 0.2) is 0 Å². The molecular formula is C14H11N3O. The van der Waals surface area contributed by atoms with E-state index in [4.69, 9.17) is 5.26 Å². The maximum absolute atomic E-state index is 11.7. The minimum absolute atomic E-state index is 0.165. The van der Waals surface area contributed by atoms with Gasteiger partial charge in [-0.05, 0) is 42.5 Å². The molecule has 4 nitrogen and oxygen atoms in total. The highest BCUT2D eigenvalue weighted by atomic mass is 16.1. The van der Waals surface area contributed by atoms with Crippen LogP contribution in [0.15, 0.2) is 29.3 Å². The Bertz CT molecular complexity index is 710. The monoisotopic (exact) mass is 237 g/mol. The van der Waals surface area contributed by atoms with Gasteiger partial charge in [-0.25, -0.2) is 0 Å². The number of hydrogen-bond donors (Lipinski definition) is 1. The maximum Gasteiger partial charge on any atom is 0.266 e. The van der Waals surface area contributed by atoms with Crippen LogP contribution in [0.2, 0.25) is 0 Å². The number of rotatable bonds is 0. The van der Waals surface area contributed by atoms with Gasteiger partial charge in [0.05, 0.1) is 0 Å². The van der Waals surface area contributed by atoms with Gasteiger partial charge in [0, 0.05) is 23.7 Å². The Kier molecular flexibility index (Phi) is 2.45. The van der Waals surface area contributed by atoms with Gasteiger partial charge in [-0.1, -0.05) is 0 Å². The molecule has 0 saturated heterocycles. The molecule has 0 unspecified atom stereocenters.